The first-order valence-corrected chi connectivity index (χ1v) is 9.17. The van der Waals surface area contributed by atoms with Crippen LogP contribution in [0.3, 0.4) is 0 Å². The van der Waals surface area contributed by atoms with E-state index in [1.807, 2.05) is 61.5 Å². The first kappa shape index (κ1) is 18.2. The first-order valence-electron chi connectivity index (χ1n) is 8.79. The summed E-state index contributed by atoms with van der Waals surface area (Å²) in [4.78, 5) is 14.3. The maximum absolute atomic E-state index is 10.7. The molecular formula is C22H18ClN3O2. The van der Waals surface area contributed by atoms with Crippen molar-refractivity contribution in [3.63, 3.8) is 0 Å². The number of hydrogen-bond acceptors (Lipinski definition) is 5. The average Bonchev–Trinajstić information content (AvgIpc) is 2.72. The molecule has 0 amide bonds. The van der Waals surface area contributed by atoms with Crippen LogP contribution < -0.4 is 5.48 Å². The summed E-state index contributed by atoms with van der Waals surface area (Å²) in [5.74, 6) is 0.479. The van der Waals surface area contributed by atoms with Crippen LogP contribution in [0, 0.1) is 6.92 Å². The van der Waals surface area contributed by atoms with Gasteiger partial charge in [-0.3, -0.25) is 4.84 Å². The Hall–Kier alpha value is -3.15. The molecule has 0 aliphatic heterocycles. The fourth-order valence-corrected chi connectivity index (χ4v) is 3.27. The van der Waals surface area contributed by atoms with Crippen LogP contribution in [0.4, 0.5) is 5.95 Å². The van der Waals surface area contributed by atoms with Crippen LogP contribution in [0.2, 0.25) is 5.02 Å². The van der Waals surface area contributed by atoms with Crippen molar-refractivity contribution in [2.75, 3.05) is 5.48 Å². The SMILES string of the molecule is Cc1c(O)c(-c2ccccc2Cl)cc2cnc(NOCc3ccccc3)nc12. The molecule has 140 valence electrons. The summed E-state index contributed by atoms with van der Waals surface area (Å²) in [6.45, 7) is 2.21. The summed E-state index contributed by atoms with van der Waals surface area (Å²) in [5.41, 5.74) is 6.52. The Balaban J connectivity index is 1.62. The minimum atomic E-state index is 0.149. The van der Waals surface area contributed by atoms with E-state index in [0.717, 1.165) is 16.5 Å². The number of phenolic OH excluding ortho intramolecular Hbond substituents is 1. The van der Waals surface area contributed by atoms with Crippen LogP contribution in [-0.2, 0) is 11.4 Å². The number of fused-ring (bicyclic) bond motifs is 1. The average molecular weight is 392 g/mol. The molecule has 6 heteroatoms. The maximum atomic E-state index is 10.7. The highest BCUT2D eigenvalue weighted by molar-refractivity contribution is 6.33. The van der Waals surface area contributed by atoms with Crippen LogP contribution in [0.1, 0.15) is 11.1 Å². The summed E-state index contributed by atoms with van der Waals surface area (Å²) in [6.07, 6.45) is 1.70. The number of nitrogens with one attached hydrogen (secondary N) is 1. The van der Waals surface area contributed by atoms with Gasteiger partial charge in [0.05, 0.1) is 12.1 Å². The molecule has 5 nitrogen and oxygen atoms in total. The maximum Gasteiger partial charge on any atom is 0.247 e. The number of aromatic hydroxyl groups is 1. The molecule has 0 saturated carbocycles. The van der Waals surface area contributed by atoms with Crippen LogP contribution in [0.25, 0.3) is 22.0 Å². The van der Waals surface area contributed by atoms with Gasteiger partial charge in [-0.2, -0.15) is 0 Å². The van der Waals surface area contributed by atoms with Gasteiger partial charge in [0, 0.05) is 33.3 Å². The number of benzene rings is 3. The van der Waals surface area contributed by atoms with E-state index in [1.165, 1.54) is 0 Å². The van der Waals surface area contributed by atoms with Crippen LogP contribution >= 0.6 is 11.6 Å². The van der Waals surface area contributed by atoms with Crippen molar-refractivity contribution in [3.05, 3.63) is 83.0 Å². The molecule has 4 aromatic rings. The van der Waals surface area contributed by atoms with Gasteiger partial charge in [0.2, 0.25) is 5.95 Å². The number of phenols is 1. The molecule has 2 N–H and O–H groups in total. The highest BCUT2D eigenvalue weighted by Gasteiger charge is 2.15. The van der Waals surface area contributed by atoms with Crippen molar-refractivity contribution in [1.29, 1.82) is 0 Å². The lowest BCUT2D eigenvalue weighted by molar-refractivity contribution is 0.177. The molecule has 0 bridgehead atoms. The lowest BCUT2D eigenvalue weighted by atomic mass is 9.99. The predicted octanol–water partition coefficient (Wildman–Crippen LogP) is 5.51. The molecule has 3 aromatic carbocycles. The fraction of sp³-hybridized carbons (Fsp3) is 0.0909. The monoisotopic (exact) mass is 391 g/mol. The molecule has 0 atom stereocenters. The van der Waals surface area contributed by atoms with E-state index >= 15 is 0 Å². The highest BCUT2D eigenvalue weighted by atomic mass is 35.5. The van der Waals surface area contributed by atoms with Crippen molar-refractivity contribution >= 4 is 28.5 Å². The van der Waals surface area contributed by atoms with Gasteiger partial charge in [0.15, 0.2) is 0 Å². The molecule has 1 heterocycles. The fourth-order valence-electron chi connectivity index (χ4n) is 3.03. The van der Waals surface area contributed by atoms with E-state index in [4.69, 9.17) is 16.4 Å². The zero-order valence-corrected chi connectivity index (χ0v) is 15.9. The van der Waals surface area contributed by atoms with E-state index in [1.54, 1.807) is 12.3 Å². The second kappa shape index (κ2) is 7.84. The quantitative estimate of drug-likeness (QED) is 0.439. The van der Waals surface area contributed by atoms with Gasteiger partial charge in [0.25, 0.3) is 0 Å². The topological polar surface area (TPSA) is 67.3 Å². The van der Waals surface area contributed by atoms with Gasteiger partial charge in [-0.05, 0) is 24.6 Å². The zero-order valence-electron chi connectivity index (χ0n) is 15.2. The molecule has 0 aliphatic rings. The molecule has 0 spiro atoms. The van der Waals surface area contributed by atoms with E-state index in [-0.39, 0.29) is 5.75 Å². The van der Waals surface area contributed by atoms with Crippen LogP contribution in [-0.4, -0.2) is 15.1 Å². The summed E-state index contributed by atoms with van der Waals surface area (Å²) >= 11 is 6.30. The third kappa shape index (κ3) is 3.63. The summed E-state index contributed by atoms with van der Waals surface area (Å²) in [7, 11) is 0. The standard InChI is InChI=1S/C22H18ClN3O2/c1-14-20-16(11-18(21(14)27)17-9-5-6-10-19(17)23)12-24-22(25-20)26-28-13-15-7-3-2-4-8-15/h2-12,27H,13H2,1H3,(H,24,25,26). The Morgan fingerprint density at radius 3 is 2.57 bits per heavy atom. The zero-order chi connectivity index (χ0) is 19.5. The van der Waals surface area contributed by atoms with Gasteiger partial charge < -0.3 is 5.11 Å². The second-order valence-corrected chi connectivity index (χ2v) is 6.79. The first-order chi connectivity index (χ1) is 13.6. The normalized spacial score (nSPS) is 10.9. The van der Waals surface area contributed by atoms with E-state index < -0.39 is 0 Å². The lowest BCUT2D eigenvalue weighted by Gasteiger charge is -2.13. The number of nitrogens with zero attached hydrogens (tertiary/aromatic N) is 2. The van der Waals surface area contributed by atoms with Gasteiger partial charge in [-0.15, -0.1) is 0 Å². The van der Waals surface area contributed by atoms with Crippen molar-refractivity contribution in [1.82, 2.24) is 9.97 Å². The van der Waals surface area contributed by atoms with E-state index in [0.29, 0.717) is 34.2 Å². The number of hydrogen-bond donors (Lipinski definition) is 2. The molecule has 0 radical (unpaired) electrons. The van der Waals surface area contributed by atoms with Crippen LogP contribution in [0.15, 0.2) is 66.9 Å². The lowest BCUT2D eigenvalue weighted by Crippen LogP contribution is -2.05. The predicted molar refractivity (Wildman–Crippen MR) is 111 cm³/mol. The van der Waals surface area contributed by atoms with Gasteiger partial charge in [0.1, 0.15) is 5.75 Å². The number of aromatic nitrogens is 2. The summed E-state index contributed by atoms with van der Waals surface area (Å²) in [6, 6.07) is 19.1. The van der Waals surface area contributed by atoms with Crippen molar-refractivity contribution in [3.8, 4) is 16.9 Å². The molecule has 28 heavy (non-hydrogen) atoms. The molecule has 4 rings (SSSR count). The number of aryl methyl sites for hydroxylation is 1. The molecule has 0 fully saturated rings. The number of anilines is 1. The second-order valence-electron chi connectivity index (χ2n) is 6.39. The molecular weight excluding hydrogens is 374 g/mol. The minimum Gasteiger partial charge on any atom is -0.507 e. The van der Waals surface area contributed by atoms with Crippen molar-refractivity contribution in [2.45, 2.75) is 13.5 Å². The van der Waals surface area contributed by atoms with Gasteiger partial charge >= 0.3 is 0 Å². The van der Waals surface area contributed by atoms with Crippen LogP contribution in [0.5, 0.6) is 5.75 Å². The van der Waals surface area contributed by atoms with E-state index in [9.17, 15) is 5.11 Å². The smallest absolute Gasteiger partial charge is 0.247 e. The summed E-state index contributed by atoms with van der Waals surface area (Å²) < 4.78 is 0. The third-order valence-electron chi connectivity index (χ3n) is 4.49. The highest BCUT2D eigenvalue weighted by Crippen LogP contribution is 2.39. The molecule has 0 saturated heterocycles. The Morgan fingerprint density at radius 2 is 1.79 bits per heavy atom. The Morgan fingerprint density at radius 1 is 1.04 bits per heavy atom. The Kier molecular flexibility index (Phi) is 5.10. The van der Waals surface area contributed by atoms with Crippen molar-refractivity contribution in [2.24, 2.45) is 0 Å². The van der Waals surface area contributed by atoms with Gasteiger partial charge in [-0.25, -0.2) is 15.4 Å². The summed E-state index contributed by atoms with van der Waals surface area (Å²) in [5, 5.41) is 12.1. The number of halogens is 1. The van der Waals surface area contributed by atoms with Crippen molar-refractivity contribution < 1.29 is 9.94 Å². The van der Waals surface area contributed by atoms with E-state index in [2.05, 4.69) is 15.4 Å². The molecule has 1 aromatic heterocycles. The minimum absolute atomic E-state index is 0.149. The third-order valence-corrected chi connectivity index (χ3v) is 4.82. The Bertz CT molecular complexity index is 1130. The molecule has 0 unspecified atom stereocenters. The Labute approximate surface area is 167 Å². The largest absolute Gasteiger partial charge is 0.507 e. The number of rotatable bonds is 5. The molecule has 0 aliphatic carbocycles. The van der Waals surface area contributed by atoms with Gasteiger partial charge in [-0.1, -0.05) is 60.1 Å².